The lowest BCUT2D eigenvalue weighted by Crippen LogP contribution is -2.48. The summed E-state index contributed by atoms with van der Waals surface area (Å²) in [7, 11) is 5.57. The lowest BCUT2D eigenvalue weighted by atomic mass is 9.90. The SMILES string of the molecule is COC(OC)C(C)NC(C)C1CCN(C)CC1. The molecule has 0 radical (unpaired) electrons. The average Bonchev–Trinajstić information content (AvgIpc) is 2.31. The molecule has 4 nitrogen and oxygen atoms in total. The summed E-state index contributed by atoms with van der Waals surface area (Å²) in [6.07, 6.45) is 2.40. The fraction of sp³-hybridized carbons (Fsp3) is 1.00. The molecule has 1 aliphatic heterocycles. The summed E-state index contributed by atoms with van der Waals surface area (Å²) in [6.45, 7) is 6.81. The third kappa shape index (κ3) is 4.54. The quantitative estimate of drug-likeness (QED) is 0.714. The second kappa shape index (κ2) is 7.31. The lowest BCUT2D eigenvalue weighted by molar-refractivity contribution is -0.121. The van der Waals surface area contributed by atoms with E-state index in [4.69, 9.17) is 9.47 Å². The Balaban J connectivity index is 2.35. The van der Waals surface area contributed by atoms with Crippen LogP contribution in [-0.2, 0) is 9.47 Å². The fourth-order valence-electron chi connectivity index (χ4n) is 2.66. The largest absolute Gasteiger partial charge is 0.354 e. The van der Waals surface area contributed by atoms with Gasteiger partial charge in [0.05, 0.1) is 6.04 Å². The molecule has 4 heteroatoms. The number of ether oxygens (including phenoxy) is 2. The van der Waals surface area contributed by atoms with Gasteiger partial charge in [-0.3, -0.25) is 0 Å². The summed E-state index contributed by atoms with van der Waals surface area (Å²) in [5, 5.41) is 3.60. The molecule has 1 fully saturated rings. The Morgan fingerprint density at radius 3 is 2.12 bits per heavy atom. The zero-order valence-corrected chi connectivity index (χ0v) is 11.9. The van der Waals surface area contributed by atoms with E-state index in [9.17, 15) is 0 Å². The van der Waals surface area contributed by atoms with Crippen LogP contribution < -0.4 is 5.32 Å². The van der Waals surface area contributed by atoms with Crippen molar-refractivity contribution in [1.29, 1.82) is 0 Å². The van der Waals surface area contributed by atoms with Gasteiger partial charge in [-0.25, -0.2) is 0 Å². The highest BCUT2D eigenvalue weighted by molar-refractivity contribution is 4.81. The highest BCUT2D eigenvalue weighted by Gasteiger charge is 2.25. The molecule has 1 heterocycles. The zero-order valence-electron chi connectivity index (χ0n) is 11.9. The monoisotopic (exact) mass is 244 g/mol. The van der Waals surface area contributed by atoms with Crippen LogP contribution in [0, 0.1) is 5.92 Å². The van der Waals surface area contributed by atoms with Crippen molar-refractivity contribution < 1.29 is 9.47 Å². The molecule has 17 heavy (non-hydrogen) atoms. The Morgan fingerprint density at radius 1 is 1.12 bits per heavy atom. The molecular weight excluding hydrogens is 216 g/mol. The maximum absolute atomic E-state index is 5.27. The molecule has 0 aliphatic carbocycles. The molecule has 1 aliphatic rings. The molecule has 0 aromatic rings. The number of methoxy groups -OCH3 is 2. The van der Waals surface area contributed by atoms with Crippen molar-refractivity contribution in [2.45, 2.75) is 45.1 Å². The van der Waals surface area contributed by atoms with Gasteiger partial charge in [0.1, 0.15) is 0 Å². The van der Waals surface area contributed by atoms with Crippen molar-refractivity contribution in [3.63, 3.8) is 0 Å². The van der Waals surface area contributed by atoms with Crippen molar-refractivity contribution in [3.05, 3.63) is 0 Å². The third-order valence-electron chi connectivity index (χ3n) is 3.87. The van der Waals surface area contributed by atoms with Gasteiger partial charge in [-0.05, 0) is 52.7 Å². The summed E-state index contributed by atoms with van der Waals surface area (Å²) in [4.78, 5) is 2.40. The van der Waals surface area contributed by atoms with Gasteiger partial charge < -0.3 is 19.7 Å². The van der Waals surface area contributed by atoms with Crippen LogP contribution in [0.2, 0.25) is 0 Å². The first-order chi connectivity index (χ1) is 8.08. The van der Waals surface area contributed by atoms with Gasteiger partial charge in [0, 0.05) is 20.3 Å². The van der Waals surface area contributed by atoms with E-state index in [2.05, 4.69) is 31.1 Å². The summed E-state index contributed by atoms with van der Waals surface area (Å²) in [5.41, 5.74) is 0. The first-order valence-electron chi connectivity index (χ1n) is 6.58. The fourth-order valence-corrected chi connectivity index (χ4v) is 2.66. The van der Waals surface area contributed by atoms with Gasteiger partial charge in [-0.2, -0.15) is 0 Å². The number of likely N-dealkylation sites (tertiary alicyclic amines) is 1. The van der Waals surface area contributed by atoms with Gasteiger partial charge in [0.2, 0.25) is 0 Å². The third-order valence-corrected chi connectivity index (χ3v) is 3.87. The summed E-state index contributed by atoms with van der Waals surface area (Å²) in [5.74, 6) is 0.767. The van der Waals surface area contributed by atoms with Crippen molar-refractivity contribution in [1.82, 2.24) is 10.2 Å². The van der Waals surface area contributed by atoms with Crippen LogP contribution in [0.1, 0.15) is 26.7 Å². The summed E-state index contributed by atoms with van der Waals surface area (Å²) < 4.78 is 10.5. The zero-order chi connectivity index (χ0) is 12.8. The maximum Gasteiger partial charge on any atom is 0.171 e. The van der Waals surface area contributed by atoms with Crippen molar-refractivity contribution in [2.75, 3.05) is 34.4 Å². The van der Waals surface area contributed by atoms with E-state index in [1.165, 1.54) is 25.9 Å². The van der Waals surface area contributed by atoms with Gasteiger partial charge in [-0.1, -0.05) is 0 Å². The predicted octanol–water partition coefficient (Wildman–Crippen LogP) is 1.31. The molecule has 0 aromatic carbocycles. The van der Waals surface area contributed by atoms with Crippen LogP contribution in [-0.4, -0.2) is 57.6 Å². The lowest BCUT2D eigenvalue weighted by Gasteiger charge is -2.35. The van der Waals surface area contributed by atoms with Crippen LogP contribution in [0.25, 0.3) is 0 Å². The Morgan fingerprint density at radius 2 is 1.65 bits per heavy atom. The number of hydrogen-bond donors (Lipinski definition) is 1. The first kappa shape index (κ1) is 14.9. The van der Waals surface area contributed by atoms with Gasteiger partial charge >= 0.3 is 0 Å². The average molecular weight is 244 g/mol. The molecule has 0 spiro atoms. The molecule has 0 aromatic heterocycles. The summed E-state index contributed by atoms with van der Waals surface area (Å²) in [6, 6.07) is 0.742. The topological polar surface area (TPSA) is 33.7 Å². The van der Waals surface area contributed by atoms with Gasteiger partial charge in [-0.15, -0.1) is 0 Å². The first-order valence-corrected chi connectivity index (χ1v) is 6.58. The molecule has 2 unspecified atom stereocenters. The van der Waals surface area contributed by atoms with Crippen molar-refractivity contribution in [3.8, 4) is 0 Å². The molecule has 1 rings (SSSR count). The van der Waals surface area contributed by atoms with Crippen LogP contribution in [0.3, 0.4) is 0 Å². The second-order valence-corrected chi connectivity index (χ2v) is 5.22. The van der Waals surface area contributed by atoms with E-state index in [-0.39, 0.29) is 12.3 Å². The number of hydrogen-bond acceptors (Lipinski definition) is 4. The minimum Gasteiger partial charge on any atom is -0.354 e. The van der Waals surface area contributed by atoms with Crippen LogP contribution in [0.5, 0.6) is 0 Å². The van der Waals surface area contributed by atoms with Crippen LogP contribution in [0.15, 0.2) is 0 Å². The standard InChI is InChI=1S/C13H28N2O2/c1-10(12-6-8-15(3)9-7-12)14-11(2)13(16-4)17-5/h10-14H,6-9H2,1-5H3. The molecule has 102 valence electrons. The maximum atomic E-state index is 5.27. The Kier molecular flexibility index (Phi) is 6.41. The van der Waals surface area contributed by atoms with E-state index in [1.807, 2.05) is 0 Å². The Hall–Kier alpha value is -0.160. The number of nitrogens with zero attached hydrogens (tertiary/aromatic N) is 1. The van der Waals surface area contributed by atoms with E-state index < -0.39 is 0 Å². The molecule has 1 saturated heterocycles. The normalized spacial score (nSPS) is 22.9. The van der Waals surface area contributed by atoms with Crippen LogP contribution >= 0.6 is 0 Å². The Bertz CT molecular complexity index is 202. The smallest absolute Gasteiger partial charge is 0.171 e. The second-order valence-electron chi connectivity index (χ2n) is 5.22. The van der Waals surface area contributed by atoms with E-state index in [1.54, 1.807) is 14.2 Å². The van der Waals surface area contributed by atoms with E-state index in [0.29, 0.717) is 6.04 Å². The highest BCUT2D eigenvalue weighted by atomic mass is 16.7. The Labute approximate surface area is 106 Å². The number of piperidine rings is 1. The van der Waals surface area contributed by atoms with Crippen molar-refractivity contribution in [2.24, 2.45) is 5.92 Å². The van der Waals surface area contributed by atoms with Gasteiger partial charge in [0.15, 0.2) is 6.29 Å². The van der Waals surface area contributed by atoms with E-state index >= 15 is 0 Å². The summed E-state index contributed by atoms with van der Waals surface area (Å²) >= 11 is 0. The minimum atomic E-state index is -0.163. The molecule has 0 bridgehead atoms. The van der Waals surface area contributed by atoms with Crippen molar-refractivity contribution >= 4 is 0 Å². The molecule has 0 saturated carbocycles. The molecular formula is C13H28N2O2. The molecule has 1 N–H and O–H groups in total. The number of nitrogens with one attached hydrogen (secondary N) is 1. The minimum absolute atomic E-state index is 0.163. The molecule has 0 amide bonds. The van der Waals surface area contributed by atoms with Gasteiger partial charge in [0.25, 0.3) is 0 Å². The van der Waals surface area contributed by atoms with E-state index in [0.717, 1.165) is 5.92 Å². The molecule has 2 atom stereocenters. The predicted molar refractivity (Wildman–Crippen MR) is 70.1 cm³/mol. The van der Waals surface area contributed by atoms with Crippen LogP contribution in [0.4, 0.5) is 0 Å². The number of rotatable bonds is 6. The highest BCUT2D eigenvalue weighted by Crippen LogP contribution is 2.20.